The van der Waals surface area contributed by atoms with Gasteiger partial charge in [-0.2, -0.15) is 0 Å². The Morgan fingerprint density at radius 2 is 2.00 bits per heavy atom. The lowest BCUT2D eigenvalue weighted by Crippen LogP contribution is -2.27. The van der Waals surface area contributed by atoms with Crippen LogP contribution in [0.5, 0.6) is 0 Å². The van der Waals surface area contributed by atoms with Crippen LogP contribution in [0, 0.1) is 5.92 Å². The summed E-state index contributed by atoms with van der Waals surface area (Å²) in [5.41, 5.74) is 2.69. The van der Waals surface area contributed by atoms with Crippen molar-refractivity contribution in [1.82, 2.24) is 0 Å². The van der Waals surface area contributed by atoms with Gasteiger partial charge in [0.05, 0.1) is 6.61 Å². The lowest BCUT2D eigenvalue weighted by Gasteiger charge is -2.21. The molecule has 1 aromatic rings. The third-order valence-corrected chi connectivity index (χ3v) is 4.32. The highest BCUT2D eigenvalue weighted by Crippen LogP contribution is 2.27. The summed E-state index contributed by atoms with van der Waals surface area (Å²) in [5, 5.41) is 0. The van der Waals surface area contributed by atoms with Gasteiger partial charge < -0.3 is 4.43 Å². The van der Waals surface area contributed by atoms with Crippen LogP contribution in [-0.4, -0.2) is 14.9 Å². The van der Waals surface area contributed by atoms with Gasteiger partial charge in [-0.1, -0.05) is 48.6 Å². The molecule has 1 aliphatic carbocycles. The summed E-state index contributed by atoms with van der Waals surface area (Å²) < 4.78 is 6.11. The van der Waals surface area contributed by atoms with Crippen molar-refractivity contribution in [1.29, 1.82) is 0 Å². The van der Waals surface area contributed by atoms with Gasteiger partial charge in [0, 0.05) is 5.92 Å². The minimum absolute atomic E-state index is 0.566. The van der Waals surface area contributed by atoms with Gasteiger partial charge in [0.25, 0.3) is 0 Å². The smallest absolute Gasteiger partial charge is 0.184 e. The predicted molar refractivity (Wildman–Crippen MR) is 85.6 cm³/mol. The van der Waals surface area contributed by atoms with Gasteiger partial charge in [0.15, 0.2) is 8.32 Å². The van der Waals surface area contributed by atoms with Gasteiger partial charge in [-0.25, -0.2) is 0 Å². The van der Waals surface area contributed by atoms with Crippen LogP contribution in [0.4, 0.5) is 0 Å². The monoisotopic (exact) mass is 272 g/mol. The summed E-state index contributed by atoms with van der Waals surface area (Å²) in [6.45, 7) is 7.52. The standard InChI is InChI=1S/C17H24OSi/c1-19(2,3)18-14-17(16-11-7-8-12-16)13-15-9-5-4-6-10-15/h4-7,9-11,13,16H,8,12,14H2,1-3H3/b17-13+. The lowest BCUT2D eigenvalue weighted by molar-refractivity contribution is 0.336. The van der Waals surface area contributed by atoms with Crippen LogP contribution in [0.3, 0.4) is 0 Å². The first-order chi connectivity index (χ1) is 9.04. The molecule has 1 unspecified atom stereocenters. The van der Waals surface area contributed by atoms with Crippen LogP contribution in [-0.2, 0) is 4.43 Å². The van der Waals surface area contributed by atoms with Crippen LogP contribution in [0.2, 0.25) is 19.6 Å². The molecule has 0 bridgehead atoms. The van der Waals surface area contributed by atoms with Gasteiger partial charge in [0.1, 0.15) is 0 Å². The zero-order valence-electron chi connectivity index (χ0n) is 12.2. The van der Waals surface area contributed by atoms with Crippen molar-refractivity contribution in [3.63, 3.8) is 0 Å². The van der Waals surface area contributed by atoms with Crippen molar-refractivity contribution in [2.24, 2.45) is 5.92 Å². The fraction of sp³-hybridized carbons (Fsp3) is 0.412. The van der Waals surface area contributed by atoms with E-state index < -0.39 is 8.32 Å². The van der Waals surface area contributed by atoms with E-state index in [4.69, 9.17) is 4.43 Å². The minimum Gasteiger partial charge on any atom is -0.414 e. The van der Waals surface area contributed by atoms with Crippen LogP contribution in [0.1, 0.15) is 18.4 Å². The Hall–Kier alpha value is -1.12. The molecule has 1 nitrogen and oxygen atoms in total. The van der Waals surface area contributed by atoms with Gasteiger partial charge in [-0.3, -0.25) is 0 Å². The molecular weight excluding hydrogens is 248 g/mol. The Kier molecular flexibility index (Phi) is 4.78. The maximum Gasteiger partial charge on any atom is 0.184 e. The molecule has 19 heavy (non-hydrogen) atoms. The second-order valence-electron chi connectivity index (χ2n) is 6.14. The van der Waals surface area contributed by atoms with Gasteiger partial charge in [0.2, 0.25) is 0 Å². The number of rotatable bonds is 5. The topological polar surface area (TPSA) is 9.23 Å². The maximum atomic E-state index is 6.11. The molecule has 0 saturated heterocycles. The predicted octanol–water partition coefficient (Wildman–Crippen LogP) is 4.89. The molecule has 0 aliphatic heterocycles. The van der Waals surface area contributed by atoms with Crippen LogP contribution >= 0.6 is 0 Å². The van der Waals surface area contributed by atoms with Crippen LogP contribution in [0.25, 0.3) is 6.08 Å². The molecule has 0 heterocycles. The van der Waals surface area contributed by atoms with E-state index in [0.29, 0.717) is 5.92 Å². The Bertz CT molecular complexity index is 454. The van der Waals surface area contributed by atoms with Crippen LogP contribution in [0.15, 0.2) is 48.1 Å². The first-order valence-electron chi connectivity index (χ1n) is 7.11. The minimum atomic E-state index is -1.45. The Morgan fingerprint density at radius 3 is 2.58 bits per heavy atom. The average Bonchev–Trinajstić information content (AvgIpc) is 2.88. The fourth-order valence-electron chi connectivity index (χ4n) is 2.26. The van der Waals surface area contributed by atoms with E-state index in [2.05, 4.69) is 68.2 Å². The molecule has 0 spiro atoms. The first kappa shape index (κ1) is 14.3. The van der Waals surface area contributed by atoms with Crippen molar-refractivity contribution >= 4 is 14.4 Å². The molecule has 1 aliphatic rings. The summed E-state index contributed by atoms with van der Waals surface area (Å²) in [4.78, 5) is 0. The molecule has 1 atom stereocenters. The summed E-state index contributed by atoms with van der Waals surface area (Å²) in [6.07, 6.45) is 9.36. The number of allylic oxidation sites excluding steroid dienone is 2. The molecule has 102 valence electrons. The van der Waals surface area contributed by atoms with Crippen molar-refractivity contribution in [2.45, 2.75) is 32.5 Å². The van der Waals surface area contributed by atoms with E-state index in [0.717, 1.165) is 6.61 Å². The van der Waals surface area contributed by atoms with Crippen molar-refractivity contribution in [3.8, 4) is 0 Å². The normalized spacial score (nSPS) is 19.9. The molecule has 0 N–H and O–H groups in total. The zero-order valence-corrected chi connectivity index (χ0v) is 13.2. The van der Waals surface area contributed by atoms with E-state index >= 15 is 0 Å². The molecule has 0 radical (unpaired) electrons. The highest BCUT2D eigenvalue weighted by molar-refractivity contribution is 6.69. The van der Waals surface area contributed by atoms with Gasteiger partial charge in [-0.15, -0.1) is 0 Å². The Balaban J connectivity index is 2.14. The van der Waals surface area contributed by atoms with Crippen molar-refractivity contribution < 1.29 is 4.43 Å². The largest absolute Gasteiger partial charge is 0.414 e. The SMILES string of the molecule is C[Si](C)(C)OC/C(=C\c1ccccc1)C1C=CCC1. The fourth-order valence-corrected chi connectivity index (χ4v) is 2.86. The van der Waals surface area contributed by atoms with Crippen molar-refractivity contribution in [3.05, 3.63) is 53.6 Å². The third-order valence-electron chi connectivity index (χ3n) is 3.31. The second kappa shape index (κ2) is 6.35. The molecule has 0 amide bonds. The van der Waals surface area contributed by atoms with E-state index in [-0.39, 0.29) is 0 Å². The number of hydrogen-bond donors (Lipinski definition) is 0. The summed E-state index contributed by atoms with van der Waals surface area (Å²) >= 11 is 0. The highest BCUT2D eigenvalue weighted by Gasteiger charge is 2.19. The summed E-state index contributed by atoms with van der Waals surface area (Å²) in [5.74, 6) is 0.566. The zero-order chi connectivity index (χ0) is 13.7. The Labute approximate surface area is 118 Å². The summed E-state index contributed by atoms with van der Waals surface area (Å²) in [7, 11) is -1.45. The van der Waals surface area contributed by atoms with Gasteiger partial charge >= 0.3 is 0 Å². The molecule has 2 rings (SSSR count). The quantitative estimate of drug-likeness (QED) is 0.548. The van der Waals surface area contributed by atoms with Crippen molar-refractivity contribution in [2.75, 3.05) is 6.61 Å². The number of benzene rings is 1. The maximum absolute atomic E-state index is 6.11. The molecule has 0 aromatic heterocycles. The first-order valence-corrected chi connectivity index (χ1v) is 10.5. The molecule has 1 aromatic carbocycles. The lowest BCUT2D eigenvalue weighted by atomic mass is 9.97. The van der Waals surface area contributed by atoms with E-state index in [1.54, 1.807) is 0 Å². The van der Waals surface area contributed by atoms with E-state index in [1.807, 2.05) is 0 Å². The Morgan fingerprint density at radius 1 is 1.26 bits per heavy atom. The second-order valence-corrected chi connectivity index (χ2v) is 10.7. The van der Waals surface area contributed by atoms with E-state index in [9.17, 15) is 0 Å². The molecular formula is C17H24OSi. The molecule has 2 heteroatoms. The van der Waals surface area contributed by atoms with Gasteiger partial charge in [-0.05, 0) is 43.6 Å². The number of hydrogen-bond acceptors (Lipinski definition) is 1. The molecule has 0 fully saturated rings. The average molecular weight is 272 g/mol. The van der Waals surface area contributed by atoms with Crippen LogP contribution < -0.4 is 0 Å². The third kappa shape index (κ3) is 4.81. The highest BCUT2D eigenvalue weighted by atomic mass is 28.4. The summed E-state index contributed by atoms with van der Waals surface area (Å²) in [6, 6.07) is 10.6. The van der Waals surface area contributed by atoms with E-state index in [1.165, 1.54) is 24.0 Å². The molecule has 0 saturated carbocycles.